The summed E-state index contributed by atoms with van der Waals surface area (Å²) in [5, 5.41) is 3.11. The SMILES string of the molecule is CC(C)n1cc(Br)cc1C(=O)NCC1(C)CCCC1. The predicted molar refractivity (Wildman–Crippen MR) is 81.4 cm³/mol. The second-order valence-electron chi connectivity index (χ2n) is 6.25. The number of halogens is 1. The standard InChI is InChI=1S/C15H23BrN2O/c1-11(2)18-9-12(16)8-13(18)14(19)17-10-15(3)6-4-5-7-15/h8-9,11H,4-7,10H2,1-3H3,(H,17,19). The quantitative estimate of drug-likeness (QED) is 0.886. The average molecular weight is 327 g/mol. The Kier molecular flexibility index (Phi) is 4.39. The summed E-state index contributed by atoms with van der Waals surface area (Å²) < 4.78 is 2.97. The van der Waals surface area contributed by atoms with Crippen LogP contribution in [0.5, 0.6) is 0 Å². The lowest BCUT2D eigenvalue weighted by atomic mass is 9.89. The maximum atomic E-state index is 12.3. The number of carbonyl (C=O) groups excluding carboxylic acids is 1. The van der Waals surface area contributed by atoms with E-state index < -0.39 is 0 Å². The zero-order valence-electron chi connectivity index (χ0n) is 12.0. The molecule has 0 saturated heterocycles. The van der Waals surface area contributed by atoms with Gasteiger partial charge >= 0.3 is 0 Å². The van der Waals surface area contributed by atoms with Crippen LogP contribution >= 0.6 is 15.9 Å². The van der Waals surface area contributed by atoms with Crippen molar-refractivity contribution in [3.8, 4) is 0 Å². The molecule has 0 aromatic carbocycles. The van der Waals surface area contributed by atoms with Crippen LogP contribution < -0.4 is 5.32 Å². The zero-order valence-corrected chi connectivity index (χ0v) is 13.6. The van der Waals surface area contributed by atoms with E-state index in [-0.39, 0.29) is 11.9 Å². The van der Waals surface area contributed by atoms with Gasteiger partial charge in [-0.15, -0.1) is 0 Å². The average Bonchev–Trinajstić information content (AvgIpc) is 2.93. The molecular formula is C15H23BrN2O. The monoisotopic (exact) mass is 326 g/mol. The molecule has 106 valence electrons. The summed E-state index contributed by atoms with van der Waals surface area (Å²) in [6, 6.07) is 2.18. The lowest BCUT2D eigenvalue weighted by Gasteiger charge is -2.24. The second kappa shape index (κ2) is 5.70. The molecule has 0 spiro atoms. The number of rotatable bonds is 4. The first-order valence-electron chi connectivity index (χ1n) is 7.07. The van der Waals surface area contributed by atoms with Gasteiger partial charge in [-0.1, -0.05) is 19.8 Å². The lowest BCUT2D eigenvalue weighted by Crippen LogP contribution is -2.35. The number of aromatic nitrogens is 1. The summed E-state index contributed by atoms with van der Waals surface area (Å²) in [5.41, 5.74) is 1.03. The molecule has 19 heavy (non-hydrogen) atoms. The van der Waals surface area contributed by atoms with Crippen molar-refractivity contribution >= 4 is 21.8 Å². The smallest absolute Gasteiger partial charge is 0.267 e. The van der Waals surface area contributed by atoms with E-state index in [0.717, 1.165) is 16.7 Å². The van der Waals surface area contributed by atoms with Gasteiger partial charge in [0.25, 0.3) is 5.91 Å². The van der Waals surface area contributed by atoms with Gasteiger partial charge in [-0.25, -0.2) is 0 Å². The van der Waals surface area contributed by atoms with Crippen molar-refractivity contribution in [2.24, 2.45) is 5.41 Å². The molecule has 1 fully saturated rings. The predicted octanol–water partition coefficient (Wildman–Crippen LogP) is 4.14. The minimum atomic E-state index is 0.0347. The van der Waals surface area contributed by atoms with Gasteiger partial charge in [0, 0.05) is 23.3 Å². The number of nitrogens with zero attached hydrogens (tertiary/aromatic N) is 1. The number of amides is 1. The fraction of sp³-hybridized carbons (Fsp3) is 0.667. The van der Waals surface area contributed by atoms with E-state index in [1.807, 2.05) is 16.8 Å². The zero-order chi connectivity index (χ0) is 14.0. The van der Waals surface area contributed by atoms with Crippen LogP contribution in [0.2, 0.25) is 0 Å². The first-order valence-corrected chi connectivity index (χ1v) is 7.86. The third-order valence-electron chi connectivity index (χ3n) is 4.09. The molecule has 1 saturated carbocycles. The molecule has 3 nitrogen and oxygen atoms in total. The normalized spacial score (nSPS) is 17.9. The number of nitrogens with one attached hydrogen (secondary N) is 1. The first kappa shape index (κ1) is 14.6. The van der Waals surface area contributed by atoms with Crippen LogP contribution in [0, 0.1) is 5.41 Å². The highest BCUT2D eigenvalue weighted by Gasteiger charge is 2.29. The van der Waals surface area contributed by atoms with Crippen molar-refractivity contribution in [3.05, 3.63) is 22.4 Å². The van der Waals surface area contributed by atoms with Crippen LogP contribution in [0.25, 0.3) is 0 Å². The molecule has 1 aromatic rings. The van der Waals surface area contributed by atoms with E-state index in [1.54, 1.807) is 0 Å². The molecular weight excluding hydrogens is 304 g/mol. The summed E-state index contributed by atoms with van der Waals surface area (Å²) in [5.74, 6) is 0.0347. The van der Waals surface area contributed by atoms with Gasteiger partial charge in [0.2, 0.25) is 0 Å². The molecule has 1 amide bonds. The molecule has 1 aliphatic carbocycles. The molecule has 0 atom stereocenters. The van der Waals surface area contributed by atoms with E-state index in [1.165, 1.54) is 25.7 Å². The fourth-order valence-electron chi connectivity index (χ4n) is 2.84. The van der Waals surface area contributed by atoms with Gasteiger partial charge in [0.05, 0.1) is 0 Å². The van der Waals surface area contributed by atoms with E-state index >= 15 is 0 Å². The molecule has 0 radical (unpaired) electrons. The Bertz CT molecular complexity index is 459. The molecule has 1 aromatic heterocycles. The summed E-state index contributed by atoms with van der Waals surface area (Å²) in [6.45, 7) is 7.23. The van der Waals surface area contributed by atoms with Crippen molar-refractivity contribution in [1.29, 1.82) is 0 Å². The van der Waals surface area contributed by atoms with Gasteiger partial charge in [0.1, 0.15) is 5.69 Å². The molecule has 1 heterocycles. The van der Waals surface area contributed by atoms with Crippen LogP contribution in [-0.2, 0) is 0 Å². The highest BCUT2D eigenvalue weighted by atomic mass is 79.9. The van der Waals surface area contributed by atoms with Crippen LogP contribution in [-0.4, -0.2) is 17.0 Å². The van der Waals surface area contributed by atoms with E-state index in [2.05, 4.69) is 42.0 Å². The third kappa shape index (κ3) is 3.41. The third-order valence-corrected chi connectivity index (χ3v) is 4.52. The summed E-state index contributed by atoms with van der Waals surface area (Å²) in [7, 11) is 0. The van der Waals surface area contributed by atoms with E-state index in [0.29, 0.717) is 5.41 Å². The largest absolute Gasteiger partial charge is 0.350 e. The Hall–Kier alpha value is -0.770. The van der Waals surface area contributed by atoms with Crippen molar-refractivity contribution in [2.75, 3.05) is 6.54 Å². The van der Waals surface area contributed by atoms with Crippen molar-refractivity contribution in [3.63, 3.8) is 0 Å². The summed E-state index contributed by atoms with van der Waals surface area (Å²) in [6.07, 6.45) is 7.00. The van der Waals surface area contributed by atoms with Gasteiger partial charge in [-0.2, -0.15) is 0 Å². The second-order valence-corrected chi connectivity index (χ2v) is 7.16. The van der Waals surface area contributed by atoms with Gasteiger partial charge in [-0.3, -0.25) is 4.79 Å². The highest BCUT2D eigenvalue weighted by molar-refractivity contribution is 9.10. The van der Waals surface area contributed by atoms with Crippen molar-refractivity contribution in [2.45, 2.75) is 52.5 Å². The number of hydrogen-bond donors (Lipinski definition) is 1. The maximum Gasteiger partial charge on any atom is 0.267 e. The van der Waals surface area contributed by atoms with Crippen LogP contribution in [0.3, 0.4) is 0 Å². The van der Waals surface area contributed by atoms with Crippen LogP contribution in [0.1, 0.15) is 63.0 Å². The topological polar surface area (TPSA) is 34.0 Å². The van der Waals surface area contributed by atoms with Crippen LogP contribution in [0.4, 0.5) is 0 Å². The minimum absolute atomic E-state index is 0.0347. The van der Waals surface area contributed by atoms with Crippen molar-refractivity contribution < 1.29 is 4.79 Å². The molecule has 1 aliphatic rings. The maximum absolute atomic E-state index is 12.3. The molecule has 4 heteroatoms. The Labute approximate surface area is 123 Å². The van der Waals surface area contributed by atoms with Gasteiger partial charge in [-0.05, 0) is 54.1 Å². The minimum Gasteiger partial charge on any atom is -0.350 e. The van der Waals surface area contributed by atoms with E-state index in [4.69, 9.17) is 0 Å². The fourth-order valence-corrected chi connectivity index (χ4v) is 3.28. The molecule has 0 bridgehead atoms. The molecule has 0 aliphatic heterocycles. The lowest BCUT2D eigenvalue weighted by molar-refractivity contribution is 0.0923. The highest BCUT2D eigenvalue weighted by Crippen LogP contribution is 2.36. The van der Waals surface area contributed by atoms with Gasteiger partial charge < -0.3 is 9.88 Å². The Morgan fingerprint density at radius 3 is 2.68 bits per heavy atom. The van der Waals surface area contributed by atoms with Crippen LogP contribution in [0.15, 0.2) is 16.7 Å². The van der Waals surface area contributed by atoms with Crippen molar-refractivity contribution in [1.82, 2.24) is 9.88 Å². The Morgan fingerprint density at radius 1 is 1.47 bits per heavy atom. The van der Waals surface area contributed by atoms with E-state index in [9.17, 15) is 4.79 Å². The Balaban J connectivity index is 2.03. The molecule has 1 N–H and O–H groups in total. The number of carbonyl (C=O) groups is 1. The summed E-state index contributed by atoms with van der Waals surface area (Å²) >= 11 is 3.45. The molecule has 0 unspecified atom stereocenters. The first-order chi connectivity index (χ1) is 8.91. The van der Waals surface area contributed by atoms with Gasteiger partial charge in [0.15, 0.2) is 0 Å². The molecule has 2 rings (SSSR count). The number of hydrogen-bond acceptors (Lipinski definition) is 1. The summed E-state index contributed by atoms with van der Waals surface area (Å²) in [4.78, 5) is 12.3. The Morgan fingerprint density at radius 2 is 2.11 bits per heavy atom.